The maximum Gasteiger partial charge on any atom is 0.259 e. The van der Waals surface area contributed by atoms with Crippen molar-refractivity contribution in [3.63, 3.8) is 0 Å². The molecule has 0 saturated heterocycles. The molecule has 0 aliphatic rings. The molecule has 0 aliphatic heterocycles. The Bertz CT molecular complexity index is 981. The number of H-pyrrole nitrogens is 1. The fraction of sp³-hybridized carbons (Fsp3) is 0.0625. The highest BCUT2D eigenvalue weighted by Crippen LogP contribution is 2.28. The van der Waals surface area contributed by atoms with Crippen LogP contribution in [0.1, 0.15) is 16.2 Å². The predicted molar refractivity (Wildman–Crippen MR) is 97.8 cm³/mol. The van der Waals surface area contributed by atoms with Crippen LogP contribution >= 0.6 is 23.1 Å². The Hall–Kier alpha value is -2.78. The van der Waals surface area contributed by atoms with Crippen LogP contribution in [-0.4, -0.2) is 31.1 Å². The number of nitrogens with one attached hydrogen (secondary N) is 2. The van der Waals surface area contributed by atoms with Crippen molar-refractivity contribution in [2.45, 2.75) is 10.1 Å². The Morgan fingerprint density at radius 2 is 2.12 bits per heavy atom. The summed E-state index contributed by atoms with van der Waals surface area (Å²) in [5.41, 5.74) is 2.44. The van der Waals surface area contributed by atoms with Crippen molar-refractivity contribution < 1.29 is 4.79 Å². The zero-order valence-corrected chi connectivity index (χ0v) is 14.5. The van der Waals surface area contributed by atoms with Crippen LogP contribution in [0.3, 0.4) is 0 Å². The van der Waals surface area contributed by atoms with Crippen molar-refractivity contribution in [3.05, 3.63) is 60.2 Å². The number of amides is 1. The molecule has 0 saturated carbocycles. The molecule has 0 spiro atoms. The molecule has 9 heteroatoms. The third kappa shape index (κ3) is 3.67. The van der Waals surface area contributed by atoms with Crippen LogP contribution in [0.5, 0.6) is 0 Å². The van der Waals surface area contributed by atoms with Gasteiger partial charge in [0, 0.05) is 12.4 Å². The van der Waals surface area contributed by atoms with E-state index in [9.17, 15) is 4.79 Å². The Kier molecular flexibility index (Phi) is 4.40. The van der Waals surface area contributed by atoms with Gasteiger partial charge in [-0.05, 0) is 24.3 Å². The molecule has 124 valence electrons. The van der Waals surface area contributed by atoms with E-state index >= 15 is 0 Å². The van der Waals surface area contributed by atoms with Gasteiger partial charge in [-0.2, -0.15) is 0 Å². The lowest BCUT2D eigenvalue weighted by Crippen LogP contribution is -2.11. The Morgan fingerprint density at radius 3 is 2.96 bits per heavy atom. The summed E-state index contributed by atoms with van der Waals surface area (Å²) < 4.78 is 0.766. The standard InChI is InChI=1S/C16H12N6OS2/c23-14(10-4-3-7-17-8-10)20-15-21-22-16(25-15)24-9-13-18-11-5-1-2-6-12(11)19-13/h1-8H,9H2,(H,18,19)(H,20,21,23). The van der Waals surface area contributed by atoms with Crippen molar-refractivity contribution in [2.75, 3.05) is 5.32 Å². The summed E-state index contributed by atoms with van der Waals surface area (Å²) in [6.45, 7) is 0. The van der Waals surface area contributed by atoms with Gasteiger partial charge in [0.2, 0.25) is 5.13 Å². The fourth-order valence-electron chi connectivity index (χ4n) is 2.19. The summed E-state index contributed by atoms with van der Waals surface area (Å²) in [7, 11) is 0. The van der Waals surface area contributed by atoms with Gasteiger partial charge in [0.25, 0.3) is 5.91 Å². The number of benzene rings is 1. The highest BCUT2D eigenvalue weighted by Gasteiger charge is 2.11. The molecule has 7 nitrogen and oxygen atoms in total. The lowest BCUT2D eigenvalue weighted by Gasteiger charge is -1.99. The third-order valence-corrected chi connectivity index (χ3v) is 5.30. The minimum absolute atomic E-state index is 0.252. The number of hydrogen-bond donors (Lipinski definition) is 2. The Balaban J connectivity index is 1.39. The number of carbonyl (C=O) groups excluding carboxylic acids is 1. The van der Waals surface area contributed by atoms with Gasteiger partial charge in [-0.25, -0.2) is 4.98 Å². The van der Waals surface area contributed by atoms with Gasteiger partial charge in [0.15, 0.2) is 4.34 Å². The number of rotatable bonds is 5. The highest BCUT2D eigenvalue weighted by atomic mass is 32.2. The quantitative estimate of drug-likeness (QED) is 0.414. The lowest BCUT2D eigenvalue weighted by atomic mass is 10.3. The van der Waals surface area contributed by atoms with Gasteiger partial charge in [-0.3, -0.25) is 15.1 Å². The number of hydrogen-bond acceptors (Lipinski definition) is 7. The maximum absolute atomic E-state index is 12.1. The molecule has 3 aromatic heterocycles. The lowest BCUT2D eigenvalue weighted by molar-refractivity contribution is 0.102. The second kappa shape index (κ2) is 6.99. The number of aromatic nitrogens is 5. The van der Waals surface area contributed by atoms with Crippen LogP contribution in [0.4, 0.5) is 5.13 Å². The number of para-hydroxylation sites is 2. The first-order valence-corrected chi connectivity index (χ1v) is 9.19. The minimum atomic E-state index is -0.252. The second-order valence-corrected chi connectivity index (χ2v) is 7.26. The van der Waals surface area contributed by atoms with E-state index < -0.39 is 0 Å². The zero-order valence-electron chi connectivity index (χ0n) is 12.8. The number of nitrogens with zero attached hydrogens (tertiary/aromatic N) is 4. The average molecular weight is 368 g/mol. The molecule has 0 fully saturated rings. The van der Waals surface area contributed by atoms with E-state index in [1.165, 1.54) is 29.3 Å². The van der Waals surface area contributed by atoms with E-state index in [0.717, 1.165) is 21.2 Å². The molecule has 4 aromatic rings. The third-order valence-electron chi connectivity index (χ3n) is 3.32. The maximum atomic E-state index is 12.1. The first kappa shape index (κ1) is 15.7. The molecule has 0 radical (unpaired) electrons. The number of carbonyl (C=O) groups is 1. The molecule has 0 aliphatic carbocycles. The van der Waals surface area contributed by atoms with Gasteiger partial charge >= 0.3 is 0 Å². The molecular formula is C16H12N6OS2. The predicted octanol–water partition coefficient (Wildman–Crippen LogP) is 3.35. The summed E-state index contributed by atoms with van der Waals surface area (Å²) in [5, 5.41) is 11.3. The molecule has 1 amide bonds. The van der Waals surface area contributed by atoms with Crippen LogP contribution in [-0.2, 0) is 5.75 Å². The van der Waals surface area contributed by atoms with Crippen LogP contribution in [0.2, 0.25) is 0 Å². The van der Waals surface area contributed by atoms with E-state index in [1.807, 2.05) is 24.3 Å². The van der Waals surface area contributed by atoms with Crippen LogP contribution in [0.25, 0.3) is 11.0 Å². The monoisotopic (exact) mass is 368 g/mol. The molecule has 2 N–H and O–H groups in total. The molecule has 0 unspecified atom stereocenters. The van der Waals surface area contributed by atoms with Crippen molar-refractivity contribution in [2.24, 2.45) is 0 Å². The smallest absolute Gasteiger partial charge is 0.259 e. The summed E-state index contributed by atoms with van der Waals surface area (Å²) >= 11 is 2.85. The molecule has 1 aromatic carbocycles. The van der Waals surface area contributed by atoms with Gasteiger partial charge in [0.05, 0.1) is 22.3 Å². The Morgan fingerprint density at radius 1 is 1.20 bits per heavy atom. The largest absolute Gasteiger partial charge is 0.341 e. The van der Waals surface area contributed by atoms with E-state index in [2.05, 4.69) is 30.5 Å². The summed E-state index contributed by atoms with van der Waals surface area (Å²) in [4.78, 5) is 23.8. The van der Waals surface area contributed by atoms with Crippen LogP contribution in [0, 0.1) is 0 Å². The van der Waals surface area contributed by atoms with E-state index in [0.29, 0.717) is 16.4 Å². The SMILES string of the molecule is O=C(Nc1nnc(SCc2nc3ccccc3[nH]2)s1)c1cccnc1. The second-order valence-electron chi connectivity index (χ2n) is 5.06. The molecule has 3 heterocycles. The molecular weight excluding hydrogens is 356 g/mol. The molecule has 0 atom stereocenters. The summed E-state index contributed by atoms with van der Waals surface area (Å²) in [5.74, 6) is 1.28. The normalized spacial score (nSPS) is 10.9. The number of aromatic amines is 1. The number of fused-ring (bicyclic) bond motifs is 1. The minimum Gasteiger partial charge on any atom is -0.341 e. The van der Waals surface area contributed by atoms with Crippen molar-refractivity contribution in [1.29, 1.82) is 0 Å². The molecule has 4 rings (SSSR count). The first-order chi connectivity index (χ1) is 12.3. The molecule has 0 bridgehead atoms. The van der Waals surface area contributed by atoms with Crippen molar-refractivity contribution >= 4 is 45.2 Å². The first-order valence-electron chi connectivity index (χ1n) is 7.39. The summed E-state index contributed by atoms with van der Waals surface area (Å²) in [6, 6.07) is 11.3. The number of imidazole rings is 1. The van der Waals surface area contributed by atoms with E-state index in [1.54, 1.807) is 18.3 Å². The topological polar surface area (TPSA) is 96.5 Å². The van der Waals surface area contributed by atoms with Gasteiger partial charge in [-0.1, -0.05) is 35.2 Å². The fourth-order valence-corrected chi connectivity index (χ4v) is 3.81. The van der Waals surface area contributed by atoms with E-state index in [4.69, 9.17) is 0 Å². The van der Waals surface area contributed by atoms with Crippen LogP contribution in [0.15, 0.2) is 53.1 Å². The number of thioether (sulfide) groups is 1. The number of anilines is 1. The van der Waals surface area contributed by atoms with E-state index in [-0.39, 0.29) is 5.91 Å². The van der Waals surface area contributed by atoms with Crippen molar-refractivity contribution in [1.82, 2.24) is 25.1 Å². The van der Waals surface area contributed by atoms with Gasteiger partial charge in [0.1, 0.15) is 5.82 Å². The summed E-state index contributed by atoms with van der Waals surface area (Å²) in [6.07, 6.45) is 3.13. The molecule has 25 heavy (non-hydrogen) atoms. The average Bonchev–Trinajstić information content (AvgIpc) is 3.26. The Labute approximate surface area is 150 Å². The van der Waals surface area contributed by atoms with Crippen LogP contribution < -0.4 is 5.32 Å². The zero-order chi connectivity index (χ0) is 17.1. The van der Waals surface area contributed by atoms with Gasteiger partial charge in [-0.15, -0.1) is 10.2 Å². The van der Waals surface area contributed by atoms with Gasteiger partial charge < -0.3 is 4.98 Å². The number of pyridine rings is 1. The van der Waals surface area contributed by atoms with Crippen molar-refractivity contribution in [3.8, 4) is 0 Å². The highest BCUT2D eigenvalue weighted by molar-refractivity contribution is 8.00.